The summed E-state index contributed by atoms with van der Waals surface area (Å²) >= 11 is 12.8. The number of hydrogen-bond acceptors (Lipinski definition) is 14. The summed E-state index contributed by atoms with van der Waals surface area (Å²) in [6.07, 6.45) is 2.57. The number of hydrogen-bond donors (Lipinski definition) is 2. The number of nitrogens with one attached hydrogen (secondary N) is 2. The first kappa shape index (κ1) is 57.5. The lowest BCUT2D eigenvalue weighted by atomic mass is 10.1. The van der Waals surface area contributed by atoms with Gasteiger partial charge in [-0.05, 0) is 122 Å². The number of alkyl carbamates (subject to hydrolysis) is 2. The minimum absolute atomic E-state index is 0.0111. The first-order valence-corrected chi connectivity index (χ1v) is 27.2. The maximum absolute atomic E-state index is 14.2. The van der Waals surface area contributed by atoms with E-state index in [1.807, 2.05) is 9.80 Å². The van der Waals surface area contributed by atoms with E-state index >= 15 is 0 Å². The number of piperidine rings is 2. The molecule has 6 aromatic rings. The second-order valence-corrected chi connectivity index (χ2v) is 23.8. The van der Waals surface area contributed by atoms with Gasteiger partial charge in [-0.2, -0.15) is 10.5 Å². The van der Waals surface area contributed by atoms with Crippen molar-refractivity contribution in [3.8, 4) is 12.1 Å². The van der Waals surface area contributed by atoms with E-state index < -0.39 is 55.6 Å². The molecule has 0 radical (unpaired) electrons. The number of sulfone groups is 1. The van der Waals surface area contributed by atoms with Gasteiger partial charge >= 0.3 is 12.2 Å². The van der Waals surface area contributed by atoms with Crippen LogP contribution in [-0.2, 0) is 46.5 Å². The zero-order valence-electron chi connectivity index (χ0n) is 44.3. The first-order chi connectivity index (χ1) is 36.0. The summed E-state index contributed by atoms with van der Waals surface area (Å²) in [6, 6.07) is 11.6. The summed E-state index contributed by atoms with van der Waals surface area (Å²) < 4.78 is 69.5. The Kier molecular flexibility index (Phi) is 16.7. The van der Waals surface area contributed by atoms with Crippen molar-refractivity contribution >= 4 is 78.9 Å². The maximum atomic E-state index is 14.2. The van der Waals surface area contributed by atoms with Crippen molar-refractivity contribution in [2.24, 2.45) is 14.1 Å². The van der Waals surface area contributed by atoms with E-state index in [2.05, 4.69) is 32.7 Å². The Bertz CT molecular complexity index is 3640. The van der Waals surface area contributed by atoms with Crippen molar-refractivity contribution in [2.75, 3.05) is 42.2 Å². The highest BCUT2D eigenvalue weighted by atomic mass is 35.5. The summed E-state index contributed by atoms with van der Waals surface area (Å²) in [5.41, 5.74) is -0.872. The molecule has 2 aromatic carbocycles. The standard InChI is InChI=1S/C26H30ClFN6O5S.C26H30ClFN6O3/c1-26(2,3)39-25(36)30-17-7-6-10-33(14-17)22-18(12-29)20-21(23(35)32(4)24(31-20)40(5,37)38)34(22)13-15-11-16(28)8-9-19(15)27;1-15-30-21-19(12-29)23(33-10-6-7-18(14-33)31-25(36)37-26(2,3)4)34(22(21)24(35)32(15)5)13-16-11-17(28)8-9-20(16)27/h8-9,11,17H,6-7,10,13-14H2,1-5H3,(H,30,36);8-9,11,18H,6-7,10,13-14H2,1-5H3,(H,31,36)/t17-;18-/m11/s1. The Hall–Kier alpha value is -7.21. The molecule has 2 saturated heterocycles. The van der Waals surface area contributed by atoms with E-state index in [1.54, 1.807) is 60.1 Å². The Labute approximate surface area is 453 Å². The van der Waals surface area contributed by atoms with Crippen LogP contribution < -0.4 is 31.6 Å². The van der Waals surface area contributed by atoms with Gasteiger partial charge in [-0.25, -0.2) is 36.8 Å². The minimum Gasteiger partial charge on any atom is -0.444 e. The molecule has 2 aliphatic heterocycles. The molecule has 0 spiro atoms. The molecule has 2 N–H and O–H groups in total. The van der Waals surface area contributed by atoms with Crippen molar-refractivity contribution in [1.29, 1.82) is 10.5 Å². The van der Waals surface area contributed by atoms with E-state index in [4.69, 9.17) is 32.7 Å². The van der Waals surface area contributed by atoms with Crippen LogP contribution in [-0.4, -0.2) is 105 Å². The molecular formula is C52H60Cl2F2N12O8S. The highest BCUT2D eigenvalue weighted by Gasteiger charge is 2.34. The molecule has 25 heteroatoms. The van der Waals surface area contributed by atoms with Crippen LogP contribution in [0.25, 0.3) is 22.1 Å². The molecule has 2 fully saturated rings. The molecule has 20 nitrogen and oxygen atoms in total. The smallest absolute Gasteiger partial charge is 0.407 e. The van der Waals surface area contributed by atoms with E-state index in [0.29, 0.717) is 66.1 Å². The second-order valence-electron chi connectivity index (χ2n) is 21.1. The van der Waals surface area contributed by atoms with Gasteiger partial charge in [-0.1, -0.05) is 23.2 Å². The molecule has 2 amide bonds. The van der Waals surface area contributed by atoms with Crippen LogP contribution in [0.3, 0.4) is 0 Å². The number of halogens is 4. The fraction of sp³-hybridized carbons (Fsp3) is 0.462. The Morgan fingerprint density at radius 3 is 1.52 bits per heavy atom. The van der Waals surface area contributed by atoms with Gasteiger partial charge in [0.1, 0.15) is 85.6 Å². The number of nitrogens with zero attached hydrogens (tertiary/aromatic N) is 10. The summed E-state index contributed by atoms with van der Waals surface area (Å²) in [5, 5.41) is 26.3. The molecule has 2 aliphatic rings. The second kappa shape index (κ2) is 22.4. The van der Waals surface area contributed by atoms with Gasteiger partial charge < -0.3 is 39.0 Å². The fourth-order valence-corrected chi connectivity index (χ4v) is 10.7. The minimum atomic E-state index is -3.92. The molecule has 8 rings (SSSR count). The Morgan fingerprint density at radius 2 is 1.13 bits per heavy atom. The number of carbonyl (C=O) groups is 2. The van der Waals surface area contributed by atoms with Crippen molar-refractivity contribution in [3.05, 3.63) is 107 Å². The third kappa shape index (κ3) is 12.8. The zero-order chi connectivity index (χ0) is 56.6. The first-order valence-electron chi connectivity index (χ1n) is 24.6. The number of benzene rings is 2. The Morgan fingerprint density at radius 1 is 0.727 bits per heavy atom. The van der Waals surface area contributed by atoms with Crippen LogP contribution >= 0.6 is 23.2 Å². The van der Waals surface area contributed by atoms with Gasteiger partial charge in [0.2, 0.25) is 15.0 Å². The van der Waals surface area contributed by atoms with Crippen LogP contribution in [0, 0.1) is 41.2 Å². The summed E-state index contributed by atoms with van der Waals surface area (Å²) in [5.74, 6) is 0.249. The summed E-state index contributed by atoms with van der Waals surface area (Å²) in [4.78, 5) is 64.5. The molecule has 0 bridgehead atoms. The van der Waals surface area contributed by atoms with E-state index in [1.165, 1.54) is 52.6 Å². The average molecular weight is 1120 g/mol. The van der Waals surface area contributed by atoms with Crippen LogP contribution in [0.4, 0.5) is 30.0 Å². The molecule has 0 unspecified atom stereocenters. The van der Waals surface area contributed by atoms with Gasteiger partial charge in [0.05, 0.1) is 13.1 Å². The lowest BCUT2D eigenvalue weighted by molar-refractivity contribution is 0.0488. The number of amides is 2. The topological polar surface area (TPSA) is 244 Å². The fourth-order valence-electron chi connectivity index (χ4n) is 9.49. The average Bonchev–Trinajstić information content (AvgIpc) is 4.02. The third-order valence-electron chi connectivity index (χ3n) is 12.8. The number of fused-ring (bicyclic) bond motifs is 2. The molecule has 0 saturated carbocycles. The normalized spacial score (nSPS) is 16.1. The molecule has 0 aliphatic carbocycles. The number of rotatable bonds is 9. The SMILES string of the molecule is Cc1nc2c(C#N)c(N3CCC[C@@H](NC(=O)OC(C)(C)C)C3)n(Cc3cc(F)ccc3Cl)c2c(=O)n1C.Cn1c(S(C)(=O)=O)nc2c(C#N)c(N3CCC[C@@H](NC(=O)OC(C)(C)C)C3)n(Cc3cc(F)ccc3Cl)c2c1=O. The largest absolute Gasteiger partial charge is 0.444 e. The van der Waals surface area contributed by atoms with E-state index in [0.717, 1.165) is 23.7 Å². The number of carbonyl (C=O) groups excluding carboxylic acids is 2. The van der Waals surface area contributed by atoms with Gasteiger partial charge in [-0.3, -0.25) is 18.7 Å². The van der Waals surface area contributed by atoms with Crippen molar-refractivity contribution in [2.45, 2.75) is 116 Å². The van der Waals surface area contributed by atoms with Gasteiger partial charge in [0, 0.05) is 68.7 Å². The van der Waals surface area contributed by atoms with E-state index in [9.17, 15) is 46.9 Å². The number of anilines is 2. The molecule has 2 atom stereocenters. The number of aryl methyl sites for hydroxylation is 1. The number of ether oxygens (including phenoxy) is 2. The van der Waals surface area contributed by atoms with Gasteiger partial charge in [0.25, 0.3) is 11.1 Å². The molecule has 4 aromatic heterocycles. The Balaban J connectivity index is 0.000000224. The van der Waals surface area contributed by atoms with E-state index in [-0.39, 0.29) is 75.5 Å². The molecule has 77 heavy (non-hydrogen) atoms. The highest BCUT2D eigenvalue weighted by molar-refractivity contribution is 7.90. The number of aromatic nitrogens is 6. The van der Waals surface area contributed by atoms with Crippen LogP contribution in [0.1, 0.15) is 95.3 Å². The third-order valence-corrected chi connectivity index (χ3v) is 14.6. The molecular weight excluding hydrogens is 1060 g/mol. The van der Waals surface area contributed by atoms with Crippen LogP contribution in [0.5, 0.6) is 0 Å². The van der Waals surface area contributed by atoms with Gasteiger partial charge in [0.15, 0.2) is 0 Å². The van der Waals surface area contributed by atoms with Gasteiger partial charge in [-0.15, -0.1) is 0 Å². The maximum Gasteiger partial charge on any atom is 0.407 e. The zero-order valence-corrected chi connectivity index (χ0v) is 46.7. The predicted octanol–water partition coefficient (Wildman–Crippen LogP) is 7.59. The predicted molar refractivity (Wildman–Crippen MR) is 287 cm³/mol. The monoisotopic (exact) mass is 1120 g/mol. The quantitative estimate of drug-likeness (QED) is 0.133. The highest BCUT2D eigenvalue weighted by Crippen LogP contribution is 2.36. The molecule has 6 heterocycles. The lowest BCUT2D eigenvalue weighted by Gasteiger charge is -2.35. The lowest BCUT2D eigenvalue weighted by Crippen LogP contribution is -2.49. The van der Waals surface area contributed by atoms with Crippen molar-refractivity contribution in [1.82, 2.24) is 38.9 Å². The van der Waals surface area contributed by atoms with Crippen LogP contribution in [0.15, 0.2) is 51.1 Å². The molecule has 410 valence electrons. The van der Waals surface area contributed by atoms with Crippen molar-refractivity contribution in [3.63, 3.8) is 0 Å². The van der Waals surface area contributed by atoms with Crippen molar-refractivity contribution < 1.29 is 36.3 Å². The van der Waals surface area contributed by atoms with Crippen LogP contribution in [0.2, 0.25) is 10.0 Å². The summed E-state index contributed by atoms with van der Waals surface area (Å²) in [6.45, 7) is 14.0. The summed E-state index contributed by atoms with van der Waals surface area (Å²) in [7, 11) is -1.02. The number of nitriles is 2.